The lowest BCUT2D eigenvalue weighted by atomic mass is 10.0. The van der Waals surface area contributed by atoms with Gasteiger partial charge < -0.3 is 10.1 Å². The summed E-state index contributed by atoms with van der Waals surface area (Å²) in [7, 11) is 1.30. The van der Waals surface area contributed by atoms with Crippen LogP contribution in [0.25, 0.3) is 11.1 Å². The molecule has 2 heterocycles. The minimum Gasteiger partial charge on any atom is -0.465 e. The fourth-order valence-electron chi connectivity index (χ4n) is 2.29. The standard InChI is InChI=1S/C18H14ClN3O3S2/c1-25-17(24)15-12(11-5-2-3-6-13(11)19)9-26-16(15)22-14(23)10-27-18-20-7-4-8-21-18/h2-9H,10H2,1H3,(H,22,23). The number of halogens is 1. The first kappa shape index (κ1) is 19.3. The van der Waals surface area contributed by atoms with E-state index in [1.807, 2.05) is 18.2 Å². The SMILES string of the molecule is COC(=O)c1c(-c2ccccc2Cl)csc1NC(=O)CSc1ncccn1. The van der Waals surface area contributed by atoms with Gasteiger partial charge in [-0.1, -0.05) is 41.6 Å². The van der Waals surface area contributed by atoms with Crippen LogP contribution in [0.2, 0.25) is 5.02 Å². The molecule has 3 rings (SSSR count). The second-order valence-corrected chi connectivity index (χ2v) is 7.42. The van der Waals surface area contributed by atoms with E-state index >= 15 is 0 Å². The lowest BCUT2D eigenvalue weighted by molar-refractivity contribution is -0.113. The van der Waals surface area contributed by atoms with Gasteiger partial charge in [-0.3, -0.25) is 4.79 Å². The summed E-state index contributed by atoms with van der Waals surface area (Å²) >= 11 is 8.71. The van der Waals surface area contributed by atoms with Crippen LogP contribution < -0.4 is 5.32 Å². The average molecular weight is 420 g/mol. The first-order chi connectivity index (χ1) is 13.1. The van der Waals surface area contributed by atoms with Crippen molar-refractivity contribution >= 4 is 51.6 Å². The van der Waals surface area contributed by atoms with E-state index < -0.39 is 5.97 Å². The molecule has 1 aromatic carbocycles. The molecule has 0 fully saturated rings. The highest BCUT2D eigenvalue weighted by Gasteiger charge is 2.23. The van der Waals surface area contributed by atoms with Crippen LogP contribution in [-0.2, 0) is 9.53 Å². The van der Waals surface area contributed by atoms with Crippen molar-refractivity contribution in [2.24, 2.45) is 0 Å². The van der Waals surface area contributed by atoms with Crippen molar-refractivity contribution in [1.29, 1.82) is 0 Å². The average Bonchev–Trinajstić information content (AvgIpc) is 3.10. The summed E-state index contributed by atoms with van der Waals surface area (Å²) in [5, 5.41) is 5.97. The predicted molar refractivity (Wildman–Crippen MR) is 107 cm³/mol. The number of hydrogen-bond acceptors (Lipinski definition) is 7. The van der Waals surface area contributed by atoms with Crippen molar-refractivity contribution in [3.63, 3.8) is 0 Å². The second-order valence-electron chi connectivity index (χ2n) is 5.19. The lowest BCUT2D eigenvalue weighted by Crippen LogP contribution is -2.16. The van der Waals surface area contributed by atoms with Crippen LogP contribution in [0.15, 0.2) is 53.3 Å². The molecule has 0 radical (unpaired) electrons. The van der Waals surface area contributed by atoms with Gasteiger partial charge in [-0.15, -0.1) is 11.3 Å². The topological polar surface area (TPSA) is 81.2 Å². The van der Waals surface area contributed by atoms with E-state index in [0.717, 1.165) is 0 Å². The van der Waals surface area contributed by atoms with Gasteiger partial charge in [0.25, 0.3) is 0 Å². The minimum absolute atomic E-state index is 0.115. The molecule has 0 unspecified atom stereocenters. The molecule has 0 saturated heterocycles. The molecule has 138 valence electrons. The Balaban J connectivity index is 1.82. The monoisotopic (exact) mass is 419 g/mol. The summed E-state index contributed by atoms with van der Waals surface area (Å²) in [6, 6.07) is 8.89. The lowest BCUT2D eigenvalue weighted by Gasteiger charge is -2.08. The minimum atomic E-state index is -0.541. The number of amides is 1. The summed E-state index contributed by atoms with van der Waals surface area (Å²) in [4.78, 5) is 32.7. The highest BCUT2D eigenvalue weighted by atomic mass is 35.5. The first-order valence-electron chi connectivity index (χ1n) is 7.74. The molecule has 9 heteroatoms. The van der Waals surface area contributed by atoms with Crippen molar-refractivity contribution in [2.75, 3.05) is 18.2 Å². The molecule has 1 N–H and O–H groups in total. The Morgan fingerprint density at radius 3 is 2.63 bits per heavy atom. The smallest absolute Gasteiger partial charge is 0.341 e. The number of thioether (sulfide) groups is 1. The maximum atomic E-state index is 12.3. The number of nitrogens with zero attached hydrogens (tertiary/aromatic N) is 2. The number of benzene rings is 1. The largest absolute Gasteiger partial charge is 0.465 e. The van der Waals surface area contributed by atoms with Crippen molar-refractivity contribution in [3.8, 4) is 11.1 Å². The summed E-state index contributed by atoms with van der Waals surface area (Å²) in [5.74, 6) is -0.699. The Bertz CT molecular complexity index is 963. The Kier molecular flexibility index (Phi) is 6.44. The zero-order chi connectivity index (χ0) is 19.2. The van der Waals surface area contributed by atoms with E-state index in [0.29, 0.717) is 26.3 Å². The number of hydrogen-bond donors (Lipinski definition) is 1. The fraction of sp³-hybridized carbons (Fsp3) is 0.111. The van der Waals surface area contributed by atoms with Crippen LogP contribution in [0.4, 0.5) is 5.00 Å². The first-order valence-corrected chi connectivity index (χ1v) is 9.99. The van der Waals surface area contributed by atoms with Crippen LogP contribution >= 0.6 is 34.7 Å². The molecule has 27 heavy (non-hydrogen) atoms. The van der Waals surface area contributed by atoms with Crippen molar-refractivity contribution in [3.05, 3.63) is 58.7 Å². The summed E-state index contributed by atoms with van der Waals surface area (Å²) < 4.78 is 4.90. The molecule has 0 aliphatic carbocycles. The van der Waals surface area contributed by atoms with E-state index in [9.17, 15) is 9.59 Å². The predicted octanol–water partition coefficient (Wildman–Crippen LogP) is 4.38. The van der Waals surface area contributed by atoms with Gasteiger partial charge in [0, 0.05) is 33.9 Å². The highest BCUT2D eigenvalue weighted by Crippen LogP contribution is 2.39. The van der Waals surface area contributed by atoms with Gasteiger partial charge in [-0.05, 0) is 12.1 Å². The summed E-state index contributed by atoms with van der Waals surface area (Å²) in [6.07, 6.45) is 3.22. The number of rotatable bonds is 6. The van der Waals surface area contributed by atoms with Gasteiger partial charge in [0.2, 0.25) is 5.91 Å². The third-order valence-corrected chi connectivity index (χ3v) is 5.57. The molecule has 0 aliphatic heterocycles. The van der Waals surface area contributed by atoms with Crippen LogP contribution in [0.1, 0.15) is 10.4 Å². The number of nitrogens with one attached hydrogen (secondary N) is 1. The Labute approximate surface area is 168 Å². The van der Waals surface area contributed by atoms with Gasteiger partial charge >= 0.3 is 5.97 Å². The van der Waals surface area contributed by atoms with Crippen LogP contribution in [-0.4, -0.2) is 34.7 Å². The Morgan fingerprint density at radius 2 is 1.93 bits per heavy atom. The molecule has 1 amide bonds. The van der Waals surface area contributed by atoms with E-state index in [2.05, 4.69) is 15.3 Å². The molecule has 2 aromatic heterocycles. The zero-order valence-corrected chi connectivity index (χ0v) is 16.5. The quantitative estimate of drug-likeness (QED) is 0.363. The maximum Gasteiger partial charge on any atom is 0.341 e. The Morgan fingerprint density at radius 1 is 1.19 bits per heavy atom. The third-order valence-electron chi connectivity index (χ3n) is 3.47. The highest BCUT2D eigenvalue weighted by molar-refractivity contribution is 7.99. The molecule has 3 aromatic rings. The van der Waals surface area contributed by atoms with Crippen LogP contribution in [0, 0.1) is 0 Å². The number of methoxy groups -OCH3 is 1. The van der Waals surface area contributed by atoms with Crippen molar-refractivity contribution in [1.82, 2.24) is 9.97 Å². The number of aromatic nitrogens is 2. The molecule has 0 spiro atoms. The van der Waals surface area contributed by atoms with Gasteiger partial charge in [-0.25, -0.2) is 14.8 Å². The molecule has 0 atom stereocenters. The molecule has 6 nitrogen and oxygen atoms in total. The molecule has 0 bridgehead atoms. The van der Waals surface area contributed by atoms with Gasteiger partial charge in [0.05, 0.1) is 12.9 Å². The fourth-order valence-corrected chi connectivity index (χ4v) is 4.09. The van der Waals surface area contributed by atoms with Gasteiger partial charge in [-0.2, -0.15) is 0 Å². The normalized spacial score (nSPS) is 10.4. The Hall–Kier alpha value is -2.42. The second kappa shape index (κ2) is 8.98. The molecular formula is C18H14ClN3O3S2. The summed E-state index contributed by atoms with van der Waals surface area (Å²) in [5.41, 5.74) is 1.60. The van der Waals surface area contributed by atoms with Gasteiger partial charge in [0.1, 0.15) is 10.6 Å². The van der Waals surface area contributed by atoms with Crippen LogP contribution in [0.5, 0.6) is 0 Å². The number of anilines is 1. The van der Waals surface area contributed by atoms with Crippen molar-refractivity contribution in [2.45, 2.75) is 5.16 Å². The summed E-state index contributed by atoms with van der Waals surface area (Å²) in [6.45, 7) is 0. The van der Waals surface area contributed by atoms with Gasteiger partial charge in [0.15, 0.2) is 5.16 Å². The number of thiophene rings is 1. The zero-order valence-electron chi connectivity index (χ0n) is 14.1. The molecule has 0 saturated carbocycles. The number of carbonyl (C=O) groups is 2. The van der Waals surface area contributed by atoms with E-state index in [4.69, 9.17) is 16.3 Å². The molecule has 0 aliphatic rings. The number of ether oxygens (including phenoxy) is 1. The molecular weight excluding hydrogens is 406 g/mol. The van der Waals surface area contributed by atoms with E-state index in [1.165, 1.54) is 30.2 Å². The van der Waals surface area contributed by atoms with Crippen molar-refractivity contribution < 1.29 is 14.3 Å². The number of esters is 1. The third kappa shape index (κ3) is 4.65. The van der Waals surface area contributed by atoms with E-state index in [-0.39, 0.29) is 17.2 Å². The number of carbonyl (C=O) groups excluding carboxylic acids is 2. The maximum absolute atomic E-state index is 12.3. The van der Waals surface area contributed by atoms with E-state index in [1.54, 1.807) is 29.9 Å². The van der Waals surface area contributed by atoms with Crippen LogP contribution in [0.3, 0.4) is 0 Å².